The molecule has 0 N–H and O–H groups in total. The Balaban J connectivity index is 2.16. The zero-order valence-electron chi connectivity index (χ0n) is 8.79. The summed E-state index contributed by atoms with van der Waals surface area (Å²) in [6, 6.07) is 10.3. The molecule has 1 atom stereocenters. The Morgan fingerprint density at radius 3 is 2.29 bits per heavy atom. The number of carbonyl (C=O) groups excluding carboxylic acids is 1. The highest BCUT2D eigenvalue weighted by Gasteiger charge is 2.60. The molecular weight excluding hydrogens is 172 g/mol. The molecule has 1 aliphatic rings. The van der Waals surface area contributed by atoms with Crippen LogP contribution in [0.15, 0.2) is 30.3 Å². The van der Waals surface area contributed by atoms with Crippen molar-refractivity contribution in [3.05, 3.63) is 35.9 Å². The summed E-state index contributed by atoms with van der Waals surface area (Å²) in [6.07, 6.45) is 3.07. The van der Waals surface area contributed by atoms with E-state index in [1.807, 2.05) is 18.2 Å². The van der Waals surface area contributed by atoms with Crippen LogP contribution in [0.3, 0.4) is 0 Å². The zero-order valence-corrected chi connectivity index (χ0v) is 8.79. The van der Waals surface area contributed by atoms with Gasteiger partial charge < -0.3 is 4.79 Å². The number of hydrogen-bond acceptors (Lipinski definition) is 1. The molecule has 0 saturated heterocycles. The first kappa shape index (κ1) is 9.45. The predicted octanol–water partition coefficient (Wildman–Crippen LogP) is 2.84. The Kier molecular flexibility index (Phi) is 1.99. The van der Waals surface area contributed by atoms with Crippen LogP contribution in [0, 0.1) is 10.8 Å². The fourth-order valence-corrected chi connectivity index (χ4v) is 2.25. The second kappa shape index (κ2) is 2.94. The van der Waals surface area contributed by atoms with Crippen molar-refractivity contribution < 1.29 is 4.79 Å². The van der Waals surface area contributed by atoms with Gasteiger partial charge in [-0.25, -0.2) is 0 Å². The van der Waals surface area contributed by atoms with E-state index in [0.717, 1.165) is 19.1 Å². The highest BCUT2D eigenvalue weighted by molar-refractivity contribution is 5.67. The van der Waals surface area contributed by atoms with Crippen LogP contribution in [0.4, 0.5) is 0 Å². The largest absolute Gasteiger partial charge is 0.303 e. The molecule has 0 heterocycles. The maximum Gasteiger partial charge on any atom is 0.127 e. The van der Waals surface area contributed by atoms with Gasteiger partial charge in [-0.3, -0.25) is 0 Å². The molecule has 1 heteroatoms. The van der Waals surface area contributed by atoms with Gasteiger partial charge in [0.15, 0.2) is 0 Å². The molecular formula is C13H16O. The molecule has 1 aromatic rings. The van der Waals surface area contributed by atoms with Gasteiger partial charge in [0, 0.05) is 5.41 Å². The van der Waals surface area contributed by atoms with Crippen LogP contribution >= 0.6 is 0 Å². The van der Waals surface area contributed by atoms with Crippen molar-refractivity contribution in [3.63, 3.8) is 0 Å². The van der Waals surface area contributed by atoms with Crippen LogP contribution in [-0.2, 0) is 11.2 Å². The molecule has 1 saturated carbocycles. The topological polar surface area (TPSA) is 17.1 Å². The molecule has 14 heavy (non-hydrogen) atoms. The average Bonchev–Trinajstić information content (AvgIpc) is 2.70. The normalized spacial score (nSPS) is 28.4. The minimum atomic E-state index is -0.0889. The van der Waals surface area contributed by atoms with E-state index in [-0.39, 0.29) is 10.8 Å². The van der Waals surface area contributed by atoms with Crippen molar-refractivity contribution >= 4 is 6.29 Å². The van der Waals surface area contributed by atoms with Crippen LogP contribution in [0.2, 0.25) is 0 Å². The van der Waals surface area contributed by atoms with E-state index in [1.165, 1.54) is 5.56 Å². The highest BCUT2D eigenvalue weighted by atomic mass is 16.1. The second-order valence-corrected chi connectivity index (χ2v) is 5.00. The quantitative estimate of drug-likeness (QED) is 0.667. The molecule has 0 aliphatic heterocycles. The highest BCUT2D eigenvalue weighted by Crippen LogP contribution is 2.63. The summed E-state index contributed by atoms with van der Waals surface area (Å²) >= 11 is 0. The standard InChI is InChI=1S/C13H16O/c1-12(2)9-13(12,10-14)8-11-6-4-3-5-7-11/h3-7,10H,8-9H2,1-2H3. The molecule has 1 aromatic carbocycles. The predicted molar refractivity (Wildman–Crippen MR) is 57.0 cm³/mol. The Hall–Kier alpha value is -1.11. The summed E-state index contributed by atoms with van der Waals surface area (Å²) in [5, 5.41) is 0. The Morgan fingerprint density at radius 1 is 1.29 bits per heavy atom. The molecule has 2 rings (SSSR count). The van der Waals surface area contributed by atoms with Gasteiger partial charge in [-0.2, -0.15) is 0 Å². The first-order valence-electron chi connectivity index (χ1n) is 5.10. The number of rotatable bonds is 3. The lowest BCUT2D eigenvalue weighted by Crippen LogP contribution is -2.13. The van der Waals surface area contributed by atoms with Crippen molar-refractivity contribution in [2.45, 2.75) is 26.7 Å². The van der Waals surface area contributed by atoms with Crippen LogP contribution in [0.5, 0.6) is 0 Å². The van der Waals surface area contributed by atoms with Gasteiger partial charge in [0.2, 0.25) is 0 Å². The monoisotopic (exact) mass is 188 g/mol. The summed E-state index contributed by atoms with van der Waals surface area (Å²) in [5.41, 5.74) is 1.38. The van der Waals surface area contributed by atoms with Gasteiger partial charge in [0.25, 0.3) is 0 Å². The molecule has 1 unspecified atom stereocenters. The Labute approximate surface area is 85.1 Å². The lowest BCUT2D eigenvalue weighted by molar-refractivity contribution is -0.113. The minimum Gasteiger partial charge on any atom is -0.303 e. The van der Waals surface area contributed by atoms with Crippen molar-refractivity contribution in [2.75, 3.05) is 0 Å². The molecule has 1 fully saturated rings. The van der Waals surface area contributed by atoms with E-state index >= 15 is 0 Å². The fraction of sp³-hybridized carbons (Fsp3) is 0.462. The smallest absolute Gasteiger partial charge is 0.127 e. The van der Waals surface area contributed by atoms with Crippen molar-refractivity contribution in [2.24, 2.45) is 10.8 Å². The third-order valence-electron chi connectivity index (χ3n) is 3.57. The van der Waals surface area contributed by atoms with Crippen LogP contribution in [-0.4, -0.2) is 6.29 Å². The van der Waals surface area contributed by atoms with Gasteiger partial charge in [-0.15, -0.1) is 0 Å². The van der Waals surface area contributed by atoms with Crippen molar-refractivity contribution in [1.82, 2.24) is 0 Å². The summed E-state index contributed by atoms with van der Waals surface area (Å²) in [7, 11) is 0. The summed E-state index contributed by atoms with van der Waals surface area (Å²) in [4.78, 5) is 11.1. The summed E-state index contributed by atoms with van der Waals surface area (Å²) in [5.74, 6) is 0. The lowest BCUT2D eigenvalue weighted by atomic mass is 9.90. The average molecular weight is 188 g/mol. The number of hydrogen-bond donors (Lipinski definition) is 0. The van der Waals surface area contributed by atoms with Crippen molar-refractivity contribution in [3.8, 4) is 0 Å². The van der Waals surface area contributed by atoms with E-state index in [2.05, 4.69) is 26.0 Å². The SMILES string of the molecule is CC1(C)CC1(C=O)Cc1ccccc1. The van der Waals surface area contributed by atoms with E-state index in [1.54, 1.807) is 0 Å². The van der Waals surface area contributed by atoms with Gasteiger partial charge in [-0.05, 0) is 23.8 Å². The summed E-state index contributed by atoms with van der Waals surface area (Å²) in [6.45, 7) is 4.34. The second-order valence-electron chi connectivity index (χ2n) is 5.00. The van der Waals surface area contributed by atoms with Gasteiger partial charge >= 0.3 is 0 Å². The summed E-state index contributed by atoms with van der Waals surface area (Å²) < 4.78 is 0. The maximum atomic E-state index is 11.1. The first-order chi connectivity index (χ1) is 6.60. The lowest BCUT2D eigenvalue weighted by Gasteiger charge is -2.12. The van der Waals surface area contributed by atoms with E-state index < -0.39 is 0 Å². The first-order valence-corrected chi connectivity index (χ1v) is 5.10. The minimum absolute atomic E-state index is 0.0889. The third kappa shape index (κ3) is 1.37. The number of aldehydes is 1. The molecule has 0 spiro atoms. The number of carbonyl (C=O) groups is 1. The Bertz CT molecular complexity index is 340. The van der Waals surface area contributed by atoms with E-state index in [4.69, 9.17) is 0 Å². The molecule has 0 aromatic heterocycles. The van der Waals surface area contributed by atoms with Gasteiger partial charge in [-0.1, -0.05) is 44.2 Å². The van der Waals surface area contributed by atoms with Crippen molar-refractivity contribution in [1.29, 1.82) is 0 Å². The number of benzene rings is 1. The molecule has 74 valence electrons. The van der Waals surface area contributed by atoms with Gasteiger partial charge in [0.1, 0.15) is 6.29 Å². The van der Waals surface area contributed by atoms with E-state index in [0.29, 0.717) is 0 Å². The zero-order chi connectivity index (χ0) is 10.2. The molecule has 0 amide bonds. The molecule has 1 aliphatic carbocycles. The maximum absolute atomic E-state index is 11.1. The van der Waals surface area contributed by atoms with Crippen LogP contribution in [0.1, 0.15) is 25.8 Å². The molecule has 0 radical (unpaired) electrons. The van der Waals surface area contributed by atoms with E-state index in [9.17, 15) is 4.79 Å². The molecule has 1 nitrogen and oxygen atoms in total. The molecule has 0 bridgehead atoms. The Morgan fingerprint density at radius 2 is 1.86 bits per heavy atom. The van der Waals surface area contributed by atoms with Gasteiger partial charge in [0.05, 0.1) is 0 Å². The third-order valence-corrected chi connectivity index (χ3v) is 3.57. The van der Waals surface area contributed by atoms with Crippen LogP contribution < -0.4 is 0 Å². The fourth-order valence-electron chi connectivity index (χ4n) is 2.25. The van der Waals surface area contributed by atoms with Crippen LogP contribution in [0.25, 0.3) is 0 Å².